The van der Waals surface area contributed by atoms with Crippen molar-refractivity contribution in [2.24, 2.45) is 0 Å². The van der Waals surface area contributed by atoms with Crippen LogP contribution in [0.5, 0.6) is 5.75 Å². The van der Waals surface area contributed by atoms with Gasteiger partial charge in [-0.3, -0.25) is 4.79 Å². The fourth-order valence-corrected chi connectivity index (χ4v) is 3.12. The zero-order chi connectivity index (χ0) is 15.9. The summed E-state index contributed by atoms with van der Waals surface area (Å²) in [6.07, 6.45) is 1.22. The molecule has 0 aliphatic carbocycles. The largest absolute Gasteiger partial charge is 0.497 e. The van der Waals surface area contributed by atoms with Gasteiger partial charge in [0.1, 0.15) is 10.8 Å². The molecule has 0 fully saturated rings. The molecule has 0 atom stereocenters. The number of thiazole rings is 1. The number of aromatic nitrogens is 1. The molecule has 118 valence electrons. The van der Waals surface area contributed by atoms with E-state index in [2.05, 4.69) is 4.98 Å². The Morgan fingerprint density at radius 1 is 1.23 bits per heavy atom. The summed E-state index contributed by atoms with van der Waals surface area (Å²) in [6.45, 7) is 5.55. The molecule has 0 bridgehead atoms. The summed E-state index contributed by atoms with van der Waals surface area (Å²) in [6, 6.07) is 7.87. The standard InChI is InChI=1S/C17H22N2O2S/c1-4-19(5-2)16(20)11-8-14-12-22-17(18-14)13-6-9-15(21-3)10-7-13/h6-7,9-10,12H,4-5,8,11H2,1-3H3. The zero-order valence-corrected chi connectivity index (χ0v) is 14.2. The second-order valence-corrected chi connectivity index (χ2v) is 5.80. The fourth-order valence-electron chi connectivity index (χ4n) is 2.26. The third kappa shape index (κ3) is 4.07. The molecule has 1 amide bonds. The van der Waals surface area contributed by atoms with Crippen molar-refractivity contribution >= 4 is 17.2 Å². The van der Waals surface area contributed by atoms with Crippen LogP contribution in [0.25, 0.3) is 10.6 Å². The van der Waals surface area contributed by atoms with Gasteiger partial charge in [-0.25, -0.2) is 4.98 Å². The van der Waals surface area contributed by atoms with Crippen molar-refractivity contribution in [2.75, 3.05) is 20.2 Å². The van der Waals surface area contributed by atoms with Gasteiger partial charge >= 0.3 is 0 Å². The highest BCUT2D eigenvalue weighted by atomic mass is 32.1. The number of benzene rings is 1. The lowest BCUT2D eigenvalue weighted by Crippen LogP contribution is -2.30. The predicted octanol–water partition coefficient (Wildman–Crippen LogP) is 3.62. The van der Waals surface area contributed by atoms with Crippen molar-refractivity contribution in [1.82, 2.24) is 9.88 Å². The molecule has 1 aromatic carbocycles. The van der Waals surface area contributed by atoms with Gasteiger partial charge in [0.25, 0.3) is 0 Å². The topological polar surface area (TPSA) is 42.4 Å². The van der Waals surface area contributed by atoms with E-state index in [1.54, 1.807) is 18.4 Å². The molecule has 0 spiro atoms. The summed E-state index contributed by atoms with van der Waals surface area (Å²) in [5.41, 5.74) is 2.06. The molecular formula is C17H22N2O2S. The number of aryl methyl sites for hydroxylation is 1. The van der Waals surface area contributed by atoms with Crippen molar-refractivity contribution in [3.05, 3.63) is 35.3 Å². The second kappa shape index (κ2) is 7.94. The maximum atomic E-state index is 12.0. The summed E-state index contributed by atoms with van der Waals surface area (Å²) in [7, 11) is 1.66. The van der Waals surface area contributed by atoms with Gasteiger partial charge in [0.15, 0.2) is 0 Å². The maximum Gasteiger partial charge on any atom is 0.222 e. The normalized spacial score (nSPS) is 10.5. The predicted molar refractivity (Wildman–Crippen MR) is 90.4 cm³/mol. The van der Waals surface area contributed by atoms with Crippen LogP contribution in [0.3, 0.4) is 0 Å². The maximum absolute atomic E-state index is 12.0. The van der Waals surface area contributed by atoms with E-state index in [0.717, 1.165) is 35.1 Å². The van der Waals surface area contributed by atoms with E-state index in [-0.39, 0.29) is 5.91 Å². The Bertz CT molecular complexity index is 603. The molecule has 0 aliphatic heterocycles. The molecule has 0 radical (unpaired) electrons. The minimum atomic E-state index is 0.198. The lowest BCUT2D eigenvalue weighted by atomic mass is 10.2. The van der Waals surface area contributed by atoms with Crippen LogP contribution in [0.4, 0.5) is 0 Å². The second-order valence-electron chi connectivity index (χ2n) is 4.94. The van der Waals surface area contributed by atoms with Crippen molar-refractivity contribution in [2.45, 2.75) is 26.7 Å². The molecule has 5 heteroatoms. The van der Waals surface area contributed by atoms with Gasteiger partial charge in [0.2, 0.25) is 5.91 Å². The quantitative estimate of drug-likeness (QED) is 0.783. The van der Waals surface area contributed by atoms with Crippen LogP contribution in [-0.4, -0.2) is 36.0 Å². The van der Waals surface area contributed by atoms with Crippen LogP contribution in [0.2, 0.25) is 0 Å². The number of carbonyl (C=O) groups excluding carboxylic acids is 1. The van der Waals surface area contributed by atoms with Gasteiger partial charge < -0.3 is 9.64 Å². The van der Waals surface area contributed by atoms with Gasteiger partial charge in [-0.15, -0.1) is 11.3 Å². The van der Waals surface area contributed by atoms with Gasteiger partial charge in [-0.1, -0.05) is 0 Å². The average molecular weight is 318 g/mol. The van der Waals surface area contributed by atoms with Gasteiger partial charge in [0.05, 0.1) is 12.8 Å². The van der Waals surface area contributed by atoms with E-state index < -0.39 is 0 Å². The van der Waals surface area contributed by atoms with Crippen LogP contribution >= 0.6 is 11.3 Å². The fraction of sp³-hybridized carbons (Fsp3) is 0.412. The number of hydrogen-bond acceptors (Lipinski definition) is 4. The van der Waals surface area contributed by atoms with Gasteiger partial charge in [-0.2, -0.15) is 0 Å². The number of ether oxygens (including phenoxy) is 1. The Balaban J connectivity index is 1.97. The summed E-state index contributed by atoms with van der Waals surface area (Å²) >= 11 is 1.61. The third-order valence-electron chi connectivity index (χ3n) is 3.60. The number of methoxy groups -OCH3 is 1. The number of rotatable bonds is 7. The van der Waals surface area contributed by atoms with Crippen LogP contribution in [0, 0.1) is 0 Å². The van der Waals surface area contributed by atoms with Crippen LogP contribution in [0.15, 0.2) is 29.6 Å². The monoisotopic (exact) mass is 318 g/mol. The summed E-state index contributed by atoms with van der Waals surface area (Å²) < 4.78 is 5.16. The smallest absolute Gasteiger partial charge is 0.222 e. The first kappa shape index (κ1) is 16.5. The molecule has 0 saturated carbocycles. The number of nitrogens with zero attached hydrogens (tertiary/aromatic N) is 2. The molecule has 2 aromatic rings. The zero-order valence-electron chi connectivity index (χ0n) is 13.3. The molecule has 0 N–H and O–H groups in total. The van der Waals surface area contributed by atoms with Crippen molar-refractivity contribution in [3.8, 4) is 16.3 Å². The van der Waals surface area contributed by atoms with E-state index in [1.807, 2.05) is 48.4 Å². The third-order valence-corrected chi connectivity index (χ3v) is 4.54. The van der Waals surface area contributed by atoms with Gasteiger partial charge in [-0.05, 0) is 44.5 Å². The van der Waals surface area contributed by atoms with Crippen molar-refractivity contribution in [1.29, 1.82) is 0 Å². The molecular weight excluding hydrogens is 296 g/mol. The highest BCUT2D eigenvalue weighted by Crippen LogP contribution is 2.26. The molecule has 1 heterocycles. The van der Waals surface area contributed by atoms with Crippen molar-refractivity contribution < 1.29 is 9.53 Å². The molecule has 0 unspecified atom stereocenters. The summed E-state index contributed by atoms with van der Waals surface area (Å²) in [4.78, 5) is 18.5. The Morgan fingerprint density at radius 3 is 2.50 bits per heavy atom. The van der Waals surface area contributed by atoms with E-state index >= 15 is 0 Å². The van der Waals surface area contributed by atoms with E-state index in [4.69, 9.17) is 4.74 Å². The van der Waals surface area contributed by atoms with Crippen LogP contribution < -0.4 is 4.74 Å². The highest BCUT2D eigenvalue weighted by Gasteiger charge is 2.11. The average Bonchev–Trinajstić information content (AvgIpc) is 3.03. The molecule has 22 heavy (non-hydrogen) atoms. The molecule has 1 aromatic heterocycles. The van der Waals surface area contributed by atoms with Gasteiger partial charge in [0, 0.05) is 30.5 Å². The van der Waals surface area contributed by atoms with Crippen LogP contribution in [0.1, 0.15) is 26.0 Å². The minimum absolute atomic E-state index is 0.198. The van der Waals surface area contributed by atoms with E-state index in [9.17, 15) is 4.79 Å². The Hall–Kier alpha value is -1.88. The molecule has 0 aliphatic rings. The molecule has 2 rings (SSSR count). The number of carbonyl (C=O) groups is 1. The number of amides is 1. The first-order valence-corrected chi connectivity index (χ1v) is 8.42. The van der Waals surface area contributed by atoms with Crippen molar-refractivity contribution in [3.63, 3.8) is 0 Å². The first-order chi connectivity index (χ1) is 10.7. The SMILES string of the molecule is CCN(CC)C(=O)CCc1csc(-c2ccc(OC)cc2)n1. The Morgan fingerprint density at radius 2 is 1.91 bits per heavy atom. The number of hydrogen-bond donors (Lipinski definition) is 0. The van der Waals surface area contributed by atoms with E-state index in [1.165, 1.54) is 0 Å². The lowest BCUT2D eigenvalue weighted by Gasteiger charge is -2.17. The molecule has 0 saturated heterocycles. The highest BCUT2D eigenvalue weighted by molar-refractivity contribution is 7.13. The first-order valence-electron chi connectivity index (χ1n) is 7.54. The summed E-state index contributed by atoms with van der Waals surface area (Å²) in [5.74, 6) is 1.04. The molecule has 4 nitrogen and oxygen atoms in total. The Kier molecular flexibility index (Phi) is 5.95. The lowest BCUT2D eigenvalue weighted by molar-refractivity contribution is -0.130. The minimum Gasteiger partial charge on any atom is -0.497 e. The Labute approximate surface area is 135 Å². The van der Waals surface area contributed by atoms with E-state index in [0.29, 0.717) is 12.8 Å². The summed E-state index contributed by atoms with van der Waals surface area (Å²) in [5, 5.41) is 3.02. The van der Waals surface area contributed by atoms with Crippen LogP contribution in [-0.2, 0) is 11.2 Å².